The first-order valence-corrected chi connectivity index (χ1v) is 5.97. The molecule has 1 aromatic heterocycles. The number of hydrogen-bond donors (Lipinski definition) is 1. The fourth-order valence-electron chi connectivity index (χ4n) is 1.96. The topological polar surface area (TPSA) is 46.9 Å². The van der Waals surface area contributed by atoms with Crippen molar-refractivity contribution in [3.63, 3.8) is 0 Å². The summed E-state index contributed by atoms with van der Waals surface area (Å²) in [5.41, 5.74) is 1.93. The van der Waals surface area contributed by atoms with E-state index in [1.807, 2.05) is 35.8 Å². The zero-order valence-electron chi connectivity index (χ0n) is 9.76. The Labute approximate surface area is 99.6 Å². The molecule has 3 rings (SSSR count). The van der Waals surface area contributed by atoms with Crippen LogP contribution in [0.25, 0.3) is 11.0 Å². The second-order valence-electron chi connectivity index (χ2n) is 4.60. The number of imidazole rings is 1. The van der Waals surface area contributed by atoms with E-state index in [1.165, 1.54) is 0 Å². The molecule has 1 atom stereocenters. The molecular weight excluding hydrogens is 214 g/mol. The molecule has 4 heteroatoms. The average Bonchev–Trinajstić information content (AvgIpc) is 3.05. The normalized spacial score (nSPS) is 17.0. The monoisotopic (exact) mass is 229 g/mol. The van der Waals surface area contributed by atoms with Crippen LogP contribution in [-0.2, 0) is 4.79 Å². The summed E-state index contributed by atoms with van der Waals surface area (Å²) in [7, 11) is 0. The lowest BCUT2D eigenvalue weighted by Crippen LogP contribution is -2.32. The minimum absolute atomic E-state index is 0.0793. The molecule has 1 aliphatic carbocycles. The third-order valence-electron chi connectivity index (χ3n) is 3.20. The van der Waals surface area contributed by atoms with Crippen LogP contribution in [0.2, 0.25) is 0 Å². The largest absolute Gasteiger partial charge is 0.352 e. The first-order valence-electron chi connectivity index (χ1n) is 5.97. The third kappa shape index (κ3) is 1.90. The number of carbonyl (C=O) groups excluding carboxylic acids is 1. The molecule has 1 N–H and O–H groups in total. The minimum Gasteiger partial charge on any atom is -0.352 e. The van der Waals surface area contributed by atoms with Gasteiger partial charge in [0, 0.05) is 6.04 Å². The molecular formula is C13H15N3O. The van der Waals surface area contributed by atoms with Crippen molar-refractivity contribution in [1.82, 2.24) is 14.9 Å². The highest BCUT2D eigenvalue weighted by Crippen LogP contribution is 2.21. The maximum absolute atomic E-state index is 12.0. The van der Waals surface area contributed by atoms with Gasteiger partial charge in [0.05, 0.1) is 17.4 Å². The van der Waals surface area contributed by atoms with E-state index in [-0.39, 0.29) is 11.9 Å². The molecule has 17 heavy (non-hydrogen) atoms. The summed E-state index contributed by atoms with van der Waals surface area (Å²) >= 11 is 0. The minimum atomic E-state index is -0.206. The molecule has 1 fully saturated rings. The Hall–Kier alpha value is -1.84. The summed E-state index contributed by atoms with van der Waals surface area (Å²) in [6.07, 6.45) is 3.97. The van der Waals surface area contributed by atoms with E-state index in [1.54, 1.807) is 6.33 Å². The summed E-state index contributed by atoms with van der Waals surface area (Å²) in [6, 6.07) is 8.06. The number of rotatable bonds is 3. The molecule has 2 aromatic rings. The van der Waals surface area contributed by atoms with Crippen molar-refractivity contribution in [2.75, 3.05) is 0 Å². The number of para-hydroxylation sites is 2. The van der Waals surface area contributed by atoms with E-state index in [4.69, 9.17) is 0 Å². The fourth-order valence-corrected chi connectivity index (χ4v) is 1.96. The first kappa shape index (κ1) is 10.3. The van der Waals surface area contributed by atoms with Crippen LogP contribution < -0.4 is 5.32 Å². The lowest BCUT2D eigenvalue weighted by atomic mass is 10.2. The Balaban J connectivity index is 1.89. The molecule has 0 aliphatic heterocycles. The van der Waals surface area contributed by atoms with Gasteiger partial charge in [-0.25, -0.2) is 4.98 Å². The standard InChI is InChI=1S/C13H15N3O/c1-9(13(17)15-10-6-7-10)16-8-14-11-4-2-3-5-12(11)16/h2-5,8-10H,6-7H2,1H3,(H,15,17). The fraction of sp³-hybridized carbons (Fsp3) is 0.385. The summed E-state index contributed by atoms with van der Waals surface area (Å²) < 4.78 is 1.92. The highest BCUT2D eigenvalue weighted by Gasteiger charge is 2.26. The van der Waals surface area contributed by atoms with Crippen LogP contribution in [0.15, 0.2) is 30.6 Å². The van der Waals surface area contributed by atoms with E-state index in [9.17, 15) is 4.79 Å². The number of nitrogens with one attached hydrogen (secondary N) is 1. The van der Waals surface area contributed by atoms with Crippen LogP contribution >= 0.6 is 0 Å². The van der Waals surface area contributed by atoms with Crippen LogP contribution in [0, 0.1) is 0 Å². The predicted octanol–water partition coefficient (Wildman–Crippen LogP) is 1.88. The molecule has 1 unspecified atom stereocenters. The molecule has 4 nitrogen and oxygen atoms in total. The van der Waals surface area contributed by atoms with Crippen LogP contribution in [0.5, 0.6) is 0 Å². The van der Waals surface area contributed by atoms with Gasteiger partial charge in [-0.1, -0.05) is 12.1 Å². The molecule has 1 saturated carbocycles. The van der Waals surface area contributed by atoms with Crippen molar-refractivity contribution in [1.29, 1.82) is 0 Å². The number of fused-ring (bicyclic) bond motifs is 1. The quantitative estimate of drug-likeness (QED) is 0.873. The van der Waals surface area contributed by atoms with E-state index < -0.39 is 0 Å². The highest BCUT2D eigenvalue weighted by molar-refractivity contribution is 5.83. The molecule has 88 valence electrons. The van der Waals surface area contributed by atoms with Crippen molar-refractivity contribution in [3.05, 3.63) is 30.6 Å². The number of aromatic nitrogens is 2. The summed E-state index contributed by atoms with van der Waals surface area (Å²) in [5.74, 6) is 0.0793. The van der Waals surface area contributed by atoms with E-state index in [0.29, 0.717) is 6.04 Å². The smallest absolute Gasteiger partial charge is 0.243 e. The first-order chi connectivity index (χ1) is 8.25. The van der Waals surface area contributed by atoms with E-state index in [2.05, 4.69) is 10.3 Å². The SMILES string of the molecule is CC(C(=O)NC1CC1)n1cnc2ccccc21. The second-order valence-corrected chi connectivity index (χ2v) is 4.60. The third-order valence-corrected chi connectivity index (χ3v) is 3.20. The molecule has 0 spiro atoms. The van der Waals surface area contributed by atoms with Crippen molar-refractivity contribution in [3.8, 4) is 0 Å². The van der Waals surface area contributed by atoms with Gasteiger partial charge in [-0.05, 0) is 31.9 Å². The Morgan fingerprint density at radius 1 is 1.47 bits per heavy atom. The average molecular weight is 229 g/mol. The molecule has 1 aromatic carbocycles. The lowest BCUT2D eigenvalue weighted by molar-refractivity contribution is -0.123. The molecule has 0 bridgehead atoms. The summed E-state index contributed by atoms with van der Waals surface area (Å²) in [6.45, 7) is 1.91. The number of hydrogen-bond acceptors (Lipinski definition) is 2. The van der Waals surface area contributed by atoms with Gasteiger partial charge in [0.25, 0.3) is 0 Å². The van der Waals surface area contributed by atoms with Gasteiger partial charge >= 0.3 is 0 Å². The maximum atomic E-state index is 12.0. The summed E-state index contributed by atoms with van der Waals surface area (Å²) in [4.78, 5) is 16.3. The van der Waals surface area contributed by atoms with Gasteiger partial charge in [0.15, 0.2) is 0 Å². The highest BCUT2D eigenvalue weighted by atomic mass is 16.2. The molecule has 1 heterocycles. The van der Waals surface area contributed by atoms with Gasteiger partial charge in [0.1, 0.15) is 6.04 Å². The zero-order chi connectivity index (χ0) is 11.8. The zero-order valence-corrected chi connectivity index (χ0v) is 9.76. The summed E-state index contributed by atoms with van der Waals surface area (Å²) in [5, 5.41) is 3.02. The predicted molar refractivity (Wildman–Crippen MR) is 65.6 cm³/mol. The molecule has 1 amide bonds. The van der Waals surface area contributed by atoms with Crippen molar-refractivity contribution >= 4 is 16.9 Å². The molecule has 1 aliphatic rings. The van der Waals surface area contributed by atoms with Crippen LogP contribution in [0.1, 0.15) is 25.8 Å². The van der Waals surface area contributed by atoms with Gasteiger partial charge in [-0.3, -0.25) is 4.79 Å². The van der Waals surface area contributed by atoms with E-state index in [0.717, 1.165) is 23.9 Å². The van der Waals surface area contributed by atoms with Gasteiger partial charge in [0.2, 0.25) is 5.91 Å². The number of benzene rings is 1. The Morgan fingerprint density at radius 3 is 3.00 bits per heavy atom. The van der Waals surface area contributed by atoms with Gasteiger partial charge in [-0.15, -0.1) is 0 Å². The van der Waals surface area contributed by atoms with Crippen LogP contribution in [0.4, 0.5) is 0 Å². The van der Waals surface area contributed by atoms with Crippen molar-refractivity contribution in [2.45, 2.75) is 31.8 Å². The van der Waals surface area contributed by atoms with Crippen molar-refractivity contribution < 1.29 is 4.79 Å². The van der Waals surface area contributed by atoms with Crippen LogP contribution in [-0.4, -0.2) is 21.5 Å². The Kier molecular flexibility index (Phi) is 2.35. The molecule has 0 radical (unpaired) electrons. The Morgan fingerprint density at radius 2 is 2.24 bits per heavy atom. The second kappa shape index (κ2) is 3.87. The Bertz CT molecular complexity index is 557. The number of carbonyl (C=O) groups is 1. The van der Waals surface area contributed by atoms with E-state index >= 15 is 0 Å². The van der Waals surface area contributed by atoms with Crippen LogP contribution in [0.3, 0.4) is 0 Å². The number of nitrogens with zero attached hydrogens (tertiary/aromatic N) is 2. The lowest BCUT2D eigenvalue weighted by Gasteiger charge is -2.14. The van der Waals surface area contributed by atoms with Gasteiger partial charge in [-0.2, -0.15) is 0 Å². The van der Waals surface area contributed by atoms with Crippen molar-refractivity contribution in [2.24, 2.45) is 0 Å². The van der Waals surface area contributed by atoms with Gasteiger partial charge < -0.3 is 9.88 Å². The number of amides is 1. The maximum Gasteiger partial charge on any atom is 0.243 e. The molecule has 0 saturated heterocycles.